The van der Waals surface area contributed by atoms with Gasteiger partial charge in [0.1, 0.15) is 5.60 Å². The van der Waals surface area contributed by atoms with Crippen molar-refractivity contribution in [1.29, 1.82) is 0 Å². The summed E-state index contributed by atoms with van der Waals surface area (Å²) in [6.07, 6.45) is 3.33. The van der Waals surface area contributed by atoms with Gasteiger partial charge >= 0.3 is 5.97 Å². The molecule has 0 radical (unpaired) electrons. The maximum absolute atomic E-state index is 11.8. The van der Waals surface area contributed by atoms with Crippen LogP contribution in [-0.2, 0) is 9.53 Å². The molecule has 0 aromatic carbocycles. The molecule has 0 aromatic rings. The molecule has 1 aliphatic heterocycles. The Morgan fingerprint density at radius 3 is 2.42 bits per heavy atom. The molecular formula is C15H24O4. The van der Waals surface area contributed by atoms with Gasteiger partial charge in [-0.15, -0.1) is 0 Å². The lowest BCUT2D eigenvalue weighted by atomic mass is 9.45. The van der Waals surface area contributed by atoms with Crippen molar-refractivity contribution in [3.05, 3.63) is 0 Å². The molecular weight excluding hydrogens is 244 g/mol. The minimum Gasteiger partial charge on any atom is -0.481 e. The van der Waals surface area contributed by atoms with Crippen molar-refractivity contribution in [1.82, 2.24) is 0 Å². The van der Waals surface area contributed by atoms with Crippen LogP contribution in [-0.4, -0.2) is 33.5 Å². The van der Waals surface area contributed by atoms with Crippen molar-refractivity contribution >= 4 is 5.97 Å². The number of aliphatic carboxylic acids is 1. The third kappa shape index (κ3) is 1.34. The highest BCUT2D eigenvalue weighted by molar-refractivity contribution is 5.74. The third-order valence-corrected chi connectivity index (χ3v) is 6.18. The molecule has 2 aliphatic carbocycles. The number of aliphatic hydroxyl groups is 1. The van der Waals surface area contributed by atoms with E-state index < -0.39 is 22.9 Å². The molecule has 1 spiro atoms. The summed E-state index contributed by atoms with van der Waals surface area (Å²) in [6, 6.07) is 0. The van der Waals surface area contributed by atoms with Crippen LogP contribution in [0.15, 0.2) is 0 Å². The molecule has 5 atom stereocenters. The standard InChI is InChI=1S/C15H24O4/c1-12(2)6-5-7-13(3)10(11(16)17)14(4,18)8-9-15(12,13)19-9/h9-10,18H,5-8H2,1-4H3,(H,16,17)/t9?,10-,13-,14-,15-/m1/s1. The van der Waals surface area contributed by atoms with Crippen LogP contribution in [0.1, 0.15) is 53.4 Å². The predicted molar refractivity (Wildman–Crippen MR) is 69.7 cm³/mol. The quantitative estimate of drug-likeness (QED) is 0.715. The lowest BCUT2D eigenvalue weighted by molar-refractivity contribution is -0.184. The molecule has 0 bridgehead atoms. The number of carbonyl (C=O) groups is 1. The summed E-state index contributed by atoms with van der Waals surface area (Å²) < 4.78 is 6.08. The molecule has 1 saturated heterocycles. The van der Waals surface area contributed by atoms with E-state index in [4.69, 9.17) is 4.74 Å². The highest BCUT2D eigenvalue weighted by Crippen LogP contribution is 2.73. The molecule has 1 unspecified atom stereocenters. The van der Waals surface area contributed by atoms with Gasteiger partial charge in [-0.05, 0) is 25.2 Å². The van der Waals surface area contributed by atoms with Crippen LogP contribution >= 0.6 is 0 Å². The van der Waals surface area contributed by atoms with E-state index in [0.717, 1.165) is 19.3 Å². The van der Waals surface area contributed by atoms with Crippen molar-refractivity contribution in [3.8, 4) is 0 Å². The fourth-order valence-electron chi connectivity index (χ4n) is 5.59. The first-order chi connectivity index (χ1) is 8.58. The number of hydrogen-bond acceptors (Lipinski definition) is 3. The van der Waals surface area contributed by atoms with E-state index in [0.29, 0.717) is 6.42 Å². The van der Waals surface area contributed by atoms with E-state index >= 15 is 0 Å². The highest BCUT2D eigenvalue weighted by Gasteiger charge is 2.81. The van der Waals surface area contributed by atoms with Gasteiger partial charge < -0.3 is 14.9 Å². The van der Waals surface area contributed by atoms with Gasteiger partial charge in [-0.25, -0.2) is 0 Å². The van der Waals surface area contributed by atoms with Gasteiger partial charge in [-0.2, -0.15) is 0 Å². The Hall–Kier alpha value is -0.610. The molecule has 1 heterocycles. The smallest absolute Gasteiger partial charge is 0.310 e. The van der Waals surface area contributed by atoms with Crippen molar-refractivity contribution in [2.75, 3.05) is 0 Å². The maximum Gasteiger partial charge on any atom is 0.310 e. The minimum absolute atomic E-state index is 0.0124. The zero-order valence-corrected chi connectivity index (χ0v) is 12.2. The molecule has 2 N–H and O–H groups in total. The van der Waals surface area contributed by atoms with Gasteiger partial charge in [0.15, 0.2) is 0 Å². The monoisotopic (exact) mass is 268 g/mol. The van der Waals surface area contributed by atoms with Crippen molar-refractivity contribution in [3.63, 3.8) is 0 Å². The summed E-state index contributed by atoms with van der Waals surface area (Å²) in [5.41, 5.74) is -2.04. The van der Waals surface area contributed by atoms with Gasteiger partial charge in [0.25, 0.3) is 0 Å². The summed E-state index contributed by atoms with van der Waals surface area (Å²) in [5, 5.41) is 20.3. The first kappa shape index (κ1) is 13.4. The normalized spacial score (nSPS) is 55.0. The van der Waals surface area contributed by atoms with Gasteiger partial charge in [-0.3, -0.25) is 4.79 Å². The van der Waals surface area contributed by atoms with Gasteiger partial charge in [0.2, 0.25) is 0 Å². The number of carboxylic acid groups (broad SMARTS) is 1. The van der Waals surface area contributed by atoms with Crippen molar-refractivity contribution < 1.29 is 19.7 Å². The van der Waals surface area contributed by atoms with Crippen molar-refractivity contribution in [2.45, 2.75) is 70.7 Å². The number of carboxylic acids is 1. The molecule has 0 aromatic heterocycles. The van der Waals surface area contributed by atoms with Crippen LogP contribution in [0.3, 0.4) is 0 Å². The Morgan fingerprint density at radius 1 is 1.21 bits per heavy atom. The van der Waals surface area contributed by atoms with Crippen LogP contribution in [0.4, 0.5) is 0 Å². The van der Waals surface area contributed by atoms with Crippen molar-refractivity contribution in [2.24, 2.45) is 16.7 Å². The Balaban J connectivity index is 2.14. The second-order valence-electron chi connectivity index (χ2n) is 7.83. The summed E-state index contributed by atoms with van der Waals surface area (Å²) in [7, 11) is 0. The molecule has 3 rings (SSSR count). The van der Waals surface area contributed by atoms with Gasteiger partial charge in [0, 0.05) is 11.8 Å². The summed E-state index contributed by atoms with van der Waals surface area (Å²) in [4.78, 5) is 11.8. The fraction of sp³-hybridized carbons (Fsp3) is 0.933. The Kier molecular flexibility index (Phi) is 2.35. The fourth-order valence-corrected chi connectivity index (χ4v) is 5.59. The SMILES string of the molecule is CC1(C)CCC[C@]2(C)[C@@H](C(=O)O)[C@](C)(O)CC3O[C@]312. The van der Waals surface area contributed by atoms with E-state index in [1.165, 1.54) is 0 Å². The molecule has 3 fully saturated rings. The van der Waals surface area contributed by atoms with E-state index in [1.54, 1.807) is 6.92 Å². The number of epoxide rings is 1. The number of rotatable bonds is 1. The van der Waals surface area contributed by atoms with Gasteiger partial charge in [-0.1, -0.05) is 27.2 Å². The highest BCUT2D eigenvalue weighted by atomic mass is 16.6. The Labute approximate surface area is 114 Å². The lowest BCUT2D eigenvalue weighted by Gasteiger charge is -2.57. The van der Waals surface area contributed by atoms with E-state index in [9.17, 15) is 15.0 Å². The largest absolute Gasteiger partial charge is 0.481 e. The van der Waals surface area contributed by atoms with E-state index in [-0.39, 0.29) is 17.1 Å². The zero-order valence-electron chi connectivity index (χ0n) is 12.2. The zero-order chi connectivity index (χ0) is 14.3. The van der Waals surface area contributed by atoms with Crippen LogP contribution in [0.25, 0.3) is 0 Å². The number of hydrogen-bond donors (Lipinski definition) is 2. The second-order valence-corrected chi connectivity index (χ2v) is 7.83. The average Bonchev–Trinajstić information content (AvgIpc) is 2.88. The maximum atomic E-state index is 11.8. The minimum atomic E-state index is -1.18. The van der Waals surface area contributed by atoms with Gasteiger partial charge in [0.05, 0.1) is 17.6 Å². The lowest BCUT2D eigenvalue weighted by Crippen LogP contribution is -2.65. The first-order valence-corrected chi connectivity index (χ1v) is 7.21. The summed E-state index contributed by atoms with van der Waals surface area (Å²) in [6.45, 7) is 8.04. The second kappa shape index (κ2) is 3.34. The van der Waals surface area contributed by atoms with E-state index in [2.05, 4.69) is 13.8 Å². The summed E-state index contributed by atoms with van der Waals surface area (Å²) >= 11 is 0. The molecule has 3 aliphatic rings. The van der Waals surface area contributed by atoms with Crippen LogP contribution in [0.2, 0.25) is 0 Å². The Bertz CT molecular complexity index is 441. The average molecular weight is 268 g/mol. The van der Waals surface area contributed by atoms with Crippen LogP contribution in [0.5, 0.6) is 0 Å². The van der Waals surface area contributed by atoms with Crippen LogP contribution in [0, 0.1) is 16.7 Å². The van der Waals surface area contributed by atoms with E-state index in [1.807, 2.05) is 6.92 Å². The third-order valence-electron chi connectivity index (χ3n) is 6.18. The van der Waals surface area contributed by atoms with Crippen LogP contribution < -0.4 is 0 Å². The molecule has 4 nitrogen and oxygen atoms in total. The molecule has 19 heavy (non-hydrogen) atoms. The molecule has 4 heteroatoms. The first-order valence-electron chi connectivity index (χ1n) is 7.21. The molecule has 2 saturated carbocycles. The number of ether oxygens (including phenoxy) is 1. The Morgan fingerprint density at radius 2 is 1.84 bits per heavy atom. The molecule has 108 valence electrons. The molecule has 0 amide bonds. The predicted octanol–water partition coefficient (Wildman–Crippen LogP) is 2.20. The summed E-state index contributed by atoms with van der Waals surface area (Å²) in [5.74, 6) is -1.64. The topological polar surface area (TPSA) is 70.1 Å².